The van der Waals surface area contributed by atoms with Crippen LogP contribution >= 0.6 is 11.8 Å². The van der Waals surface area contributed by atoms with E-state index in [-0.39, 0.29) is 11.5 Å². The quantitative estimate of drug-likeness (QED) is 0.832. The summed E-state index contributed by atoms with van der Waals surface area (Å²) < 4.78 is 24.8. The van der Waals surface area contributed by atoms with Gasteiger partial charge in [0.05, 0.1) is 22.9 Å². The molecule has 2 aromatic rings. The summed E-state index contributed by atoms with van der Waals surface area (Å²) in [5.74, 6) is 0.268. The summed E-state index contributed by atoms with van der Waals surface area (Å²) in [5.41, 5.74) is 1.78. The molecule has 0 spiro atoms. The van der Waals surface area contributed by atoms with Crippen LogP contribution < -0.4 is 0 Å². The summed E-state index contributed by atoms with van der Waals surface area (Å²) in [7, 11) is -3.16. The van der Waals surface area contributed by atoms with Gasteiger partial charge in [-0.05, 0) is 19.9 Å². The zero-order valence-electron chi connectivity index (χ0n) is 11.0. The fraction of sp³-hybridized carbons (Fsp3) is 0.545. The summed E-state index contributed by atoms with van der Waals surface area (Å²) in [5, 5.41) is 18.0. The SMILES string of the molecule is Cc1cc(C)n2c(S[C@@H]3CS(=O)(=O)C[C@H]3O)nnc2n1. The van der Waals surface area contributed by atoms with Crippen molar-refractivity contribution < 1.29 is 13.5 Å². The standard InChI is InChI=1S/C11H14N4O3S2/c1-6-3-7(2)15-10(12-6)13-14-11(15)19-9-5-20(17,18)4-8(9)16/h3,8-9,16H,4-5H2,1-2H3/t8-,9-/m1/s1. The molecule has 0 unspecified atom stereocenters. The molecule has 1 aliphatic rings. The van der Waals surface area contributed by atoms with Gasteiger partial charge in [-0.25, -0.2) is 13.4 Å². The van der Waals surface area contributed by atoms with Crippen LogP contribution in [0.25, 0.3) is 5.78 Å². The smallest absolute Gasteiger partial charge is 0.256 e. The van der Waals surface area contributed by atoms with Crippen LogP contribution in [0.15, 0.2) is 11.2 Å². The monoisotopic (exact) mass is 314 g/mol. The van der Waals surface area contributed by atoms with Gasteiger partial charge in [0.2, 0.25) is 0 Å². The number of rotatable bonds is 2. The Bertz CT molecular complexity index is 771. The third-order valence-corrected chi connectivity index (χ3v) is 6.38. The maximum absolute atomic E-state index is 11.5. The summed E-state index contributed by atoms with van der Waals surface area (Å²) in [6, 6.07) is 1.90. The van der Waals surface area contributed by atoms with Gasteiger partial charge in [0.15, 0.2) is 15.0 Å². The molecule has 0 radical (unpaired) electrons. The van der Waals surface area contributed by atoms with Crippen LogP contribution in [-0.2, 0) is 9.84 Å². The molecule has 3 rings (SSSR count). The van der Waals surface area contributed by atoms with Gasteiger partial charge in [0.25, 0.3) is 5.78 Å². The van der Waals surface area contributed by atoms with Crippen LogP contribution in [0.2, 0.25) is 0 Å². The van der Waals surface area contributed by atoms with Gasteiger partial charge in [0, 0.05) is 11.4 Å². The first-order chi connectivity index (χ1) is 9.35. The van der Waals surface area contributed by atoms with Crippen molar-refractivity contribution in [1.29, 1.82) is 0 Å². The second-order valence-electron chi connectivity index (χ2n) is 4.96. The molecule has 1 aliphatic heterocycles. The minimum atomic E-state index is -3.16. The van der Waals surface area contributed by atoms with Gasteiger partial charge in [-0.3, -0.25) is 4.40 Å². The number of aromatic nitrogens is 4. The van der Waals surface area contributed by atoms with Gasteiger partial charge in [-0.15, -0.1) is 10.2 Å². The Morgan fingerprint density at radius 2 is 2.10 bits per heavy atom. The molecule has 0 aliphatic carbocycles. The normalized spacial score (nSPS) is 25.4. The molecule has 0 amide bonds. The Morgan fingerprint density at radius 3 is 2.75 bits per heavy atom. The Balaban J connectivity index is 1.96. The maximum atomic E-state index is 11.5. The van der Waals surface area contributed by atoms with E-state index in [0.717, 1.165) is 11.4 Å². The second kappa shape index (κ2) is 4.68. The molecule has 9 heteroatoms. The van der Waals surface area contributed by atoms with E-state index in [2.05, 4.69) is 15.2 Å². The average molecular weight is 314 g/mol. The number of aliphatic hydroxyl groups excluding tert-OH is 1. The van der Waals surface area contributed by atoms with Crippen molar-refractivity contribution in [3.05, 3.63) is 17.5 Å². The molecule has 0 aromatic carbocycles. The molecule has 108 valence electrons. The third kappa shape index (κ3) is 2.40. The number of thioether (sulfide) groups is 1. The van der Waals surface area contributed by atoms with E-state index in [9.17, 15) is 13.5 Å². The summed E-state index contributed by atoms with van der Waals surface area (Å²) in [4.78, 5) is 4.27. The summed E-state index contributed by atoms with van der Waals surface area (Å²) in [6.07, 6.45) is -0.865. The van der Waals surface area contributed by atoms with Gasteiger partial charge in [0.1, 0.15) is 0 Å². The van der Waals surface area contributed by atoms with Gasteiger partial charge < -0.3 is 5.11 Å². The minimum absolute atomic E-state index is 0.0356. The van der Waals surface area contributed by atoms with E-state index in [1.54, 1.807) is 4.40 Å². The zero-order chi connectivity index (χ0) is 14.5. The van der Waals surface area contributed by atoms with Gasteiger partial charge in [-0.1, -0.05) is 11.8 Å². The zero-order valence-corrected chi connectivity index (χ0v) is 12.6. The number of aliphatic hydroxyl groups is 1. The van der Waals surface area contributed by atoms with Crippen molar-refractivity contribution in [2.75, 3.05) is 11.5 Å². The molecule has 7 nitrogen and oxygen atoms in total. The molecular formula is C11H14N4O3S2. The van der Waals surface area contributed by atoms with E-state index in [1.807, 2.05) is 19.9 Å². The van der Waals surface area contributed by atoms with Crippen LogP contribution in [0.5, 0.6) is 0 Å². The van der Waals surface area contributed by atoms with E-state index in [4.69, 9.17) is 0 Å². The van der Waals surface area contributed by atoms with Crippen molar-refractivity contribution in [3.63, 3.8) is 0 Å². The van der Waals surface area contributed by atoms with Crippen molar-refractivity contribution in [2.45, 2.75) is 30.4 Å². The molecule has 1 saturated heterocycles. The number of hydrogen-bond acceptors (Lipinski definition) is 7. The van der Waals surface area contributed by atoms with Crippen molar-refractivity contribution in [2.24, 2.45) is 0 Å². The number of aryl methyl sites for hydroxylation is 2. The average Bonchev–Trinajstić information content (AvgIpc) is 2.80. The lowest BCUT2D eigenvalue weighted by molar-refractivity contribution is 0.207. The predicted molar refractivity (Wildman–Crippen MR) is 74.6 cm³/mol. The van der Waals surface area contributed by atoms with E-state index in [0.29, 0.717) is 10.9 Å². The highest BCUT2D eigenvalue weighted by Gasteiger charge is 2.38. The first-order valence-electron chi connectivity index (χ1n) is 6.10. The van der Waals surface area contributed by atoms with E-state index < -0.39 is 21.2 Å². The molecule has 0 saturated carbocycles. The fourth-order valence-corrected chi connectivity index (χ4v) is 5.89. The van der Waals surface area contributed by atoms with Gasteiger partial charge in [-0.2, -0.15) is 0 Å². The van der Waals surface area contributed by atoms with Crippen LogP contribution in [0.1, 0.15) is 11.4 Å². The van der Waals surface area contributed by atoms with Crippen LogP contribution in [-0.4, -0.2) is 56.0 Å². The van der Waals surface area contributed by atoms with Gasteiger partial charge >= 0.3 is 0 Å². The Morgan fingerprint density at radius 1 is 1.35 bits per heavy atom. The Kier molecular flexibility index (Phi) is 3.22. The predicted octanol–water partition coefficient (Wildman–Crippen LogP) is -0.00886. The van der Waals surface area contributed by atoms with E-state index in [1.165, 1.54) is 11.8 Å². The molecule has 3 heterocycles. The molecular weight excluding hydrogens is 300 g/mol. The lowest BCUT2D eigenvalue weighted by Gasteiger charge is -2.11. The van der Waals surface area contributed by atoms with E-state index >= 15 is 0 Å². The number of fused-ring (bicyclic) bond motifs is 1. The van der Waals surface area contributed by atoms with Crippen LogP contribution in [0, 0.1) is 13.8 Å². The fourth-order valence-electron chi connectivity index (χ4n) is 2.32. The van der Waals surface area contributed by atoms with Crippen molar-refractivity contribution in [3.8, 4) is 0 Å². The lowest BCUT2D eigenvalue weighted by atomic mass is 10.3. The van der Waals surface area contributed by atoms with Crippen LogP contribution in [0.3, 0.4) is 0 Å². The van der Waals surface area contributed by atoms with Crippen molar-refractivity contribution >= 4 is 27.4 Å². The molecule has 20 heavy (non-hydrogen) atoms. The largest absolute Gasteiger partial charge is 0.391 e. The summed E-state index contributed by atoms with van der Waals surface area (Å²) >= 11 is 1.24. The van der Waals surface area contributed by atoms with Crippen LogP contribution in [0.4, 0.5) is 0 Å². The topological polar surface area (TPSA) is 97.5 Å². The highest BCUT2D eigenvalue weighted by Crippen LogP contribution is 2.30. The summed E-state index contributed by atoms with van der Waals surface area (Å²) in [6.45, 7) is 3.79. The molecule has 1 N–H and O–H groups in total. The van der Waals surface area contributed by atoms with Crippen molar-refractivity contribution in [1.82, 2.24) is 19.6 Å². The third-order valence-electron chi connectivity index (χ3n) is 3.19. The number of sulfone groups is 1. The first-order valence-corrected chi connectivity index (χ1v) is 8.80. The maximum Gasteiger partial charge on any atom is 0.256 e. The molecule has 1 fully saturated rings. The number of hydrogen-bond donors (Lipinski definition) is 1. The minimum Gasteiger partial charge on any atom is -0.391 e. The molecule has 2 atom stereocenters. The Labute approximate surface area is 120 Å². The molecule has 0 bridgehead atoms. The number of nitrogens with zero attached hydrogens (tertiary/aromatic N) is 4. The second-order valence-corrected chi connectivity index (χ2v) is 8.32. The highest BCUT2D eigenvalue weighted by atomic mass is 32.2. The first kappa shape index (κ1) is 13.8. The molecule has 2 aromatic heterocycles. The Hall–Kier alpha value is -1.19. The lowest BCUT2D eigenvalue weighted by Crippen LogP contribution is -2.20. The highest BCUT2D eigenvalue weighted by molar-refractivity contribution is 8.01.